The lowest BCUT2D eigenvalue weighted by Gasteiger charge is -2.26. The average molecular weight is 429 g/mol. The Hall–Kier alpha value is -2.84. The zero-order valence-corrected chi connectivity index (χ0v) is 17.5. The van der Waals surface area contributed by atoms with Crippen LogP contribution < -0.4 is 5.32 Å². The van der Waals surface area contributed by atoms with Gasteiger partial charge in [-0.1, -0.05) is 30.3 Å². The van der Waals surface area contributed by atoms with Gasteiger partial charge in [-0.15, -0.1) is 0 Å². The molecule has 0 bridgehead atoms. The fourth-order valence-electron chi connectivity index (χ4n) is 3.88. The number of phenolic OH excluding ortho intramolecular Hbond substituents is 1. The highest BCUT2D eigenvalue weighted by Crippen LogP contribution is 2.38. The first-order chi connectivity index (χ1) is 14.4. The number of hydrogen-bond donors (Lipinski definition) is 2. The first-order valence-electron chi connectivity index (χ1n) is 9.87. The molecule has 1 saturated heterocycles. The van der Waals surface area contributed by atoms with Crippen molar-refractivity contribution in [3.05, 3.63) is 53.6 Å². The number of benzene rings is 2. The van der Waals surface area contributed by atoms with Crippen LogP contribution >= 0.6 is 0 Å². The summed E-state index contributed by atoms with van der Waals surface area (Å²) in [4.78, 5) is 14.9. The Morgan fingerprint density at radius 2 is 1.83 bits per heavy atom. The van der Waals surface area contributed by atoms with Crippen molar-refractivity contribution in [2.24, 2.45) is 0 Å². The van der Waals surface area contributed by atoms with Gasteiger partial charge in [0.2, 0.25) is 0 Å². The molecule has 2 aromatic carbocycles. The Labute approximate surface area is 175 Å². The summed E-state index contributed by atoms with van der Waals surface area (Å²) in [5.74, 6) is 0.565. The van der Waals surface area contributed by atoms with E-state index in [4.69, 9.17) is 4.42 Å². The number of aromatic hydroxyl groups is 1. The van der Waals surface area contributed by atoms with Gasteiger partial charge in [-0.3, -0.25) is 4.79 Å². The molecule has 2 heterocycles. The Balaban J connectivity index is 1.75. The molecular formula is C22H24N2O5S. The molecule has 0 saturated carbocycles. The number of amides is 1. The lowest BCUT2D eigenvalue weighted by molar-refractivity contribution is 0.0964. The number of carbonyl (C=O) groups excluding carboxylic acids is 1. The molecule has 8 heteroatoms. The lowest BCUT2D eigenvalue weighted by atomic mass is 9.98. The van der Waals surface area contributed by atoms with Gasteiger partial charge in [0.25, 0.3) is 5.91 Å². The maximum Gasteiger partial charge on any atom is 0.255 e. The minimum Gasteiger partial charge on any atom is -0.508 e. The van der Waals surface area contributed by atoms with E-state index in [1.54, 1.807) is 19.2 Å². The zero-order chi connectivity index (χ0) is 21.3. The van der Waals surface area contributed by atoms with Crippen LogP contribution in [0.15, 0.2) is 46.9 Å². The summed E-state index contributed by atoms with van der Waals surface area (Å²) in [6.07, 6.45) is 0.473. The topological polar surface area (TPSA) is 99.8 Å². The van der Waals surface area contributed by atoms with Crippen molar-refractivity contribution < 1.29 is 22.7 Å². The maximum atomic E-state index is 12.8. The number of furan rings is 1. The van der Waals surface area contributed by atoms with Gasteiger partial charge in [0.1, 0.15) is 17.1 Å². The van der Waals surface area contributed by atoms with Crippen molar-refractivity contribution in [1.29, 1.82) is 0 Å². The van der Waals surface area contributed by atoms with Gasteiger partial charge in [-0.05, 0) is 18.6 Å². The molecule has 0 aliphatic carbocycles. The molecule has 30 heavy (non-hydrogen) atoms. The van der Waals surface area contributed by atoms with E-state index in [1.165, 1.54) is 0 Å². The van der Waals surface area contributed by atoms with E-state index >= 15 is 0 Å². The lowest BCUT2D eigenvalue weighted by Crippen LogP contribution is -2.41. The van der Waals surface area contributed by atoms with Crippen molar-refractivity contribution >= 4 is 26.7 Å². The van der Waals surface area contributed by atoms with Crippen LogP contribution in [0.2, 0.25) is 0 Å². The van der Waals surface area contributed by atoms with E-state index in [0.29, 0.717) is 53.9 Å². The molecule has 158 valence electrons. The maximum absolute atomic E-state index is 12.8. The molecule has 2 N–H and O–H groups in total. The standard InChI is InChI=1S/C22H24N2O5S/c1-23-22(26)20-19-16(9-10-24-11-13-30(27,28)14-12-24)17(25)7-8-18(19)29-21(20)15-5-3-2-4-6-15/h2-8,25H,9-14H2,1H3,(H,23,26). The number of rotatable bonds is 5. The summed E-state index contributed by atoms with van der Waals surface area (Å²) in [5.41, 5.74) is 2.33. The van der Waals surface area contributed by atoms with E-state index < -0.39 is 9.84 Å². The van der Waals surface area contributed by atoms with E-state index in [0.717, 1.165) is 5.56 Å². The molecule has 1 aliphatic heterocycles. The second kappa shape index (κ2) is 8.12. The van der Waals surface area contributed by atoms with Crippen LogP contribution in [-0.2, 0) is 16.3 Å². The minimum atomic E-state index is -2.95. The minimum absolute atomic E-state index is 0.0951. The summed E-state index contributed by atoms with van der Waals surface area (Å²) in [5, 5.41) is 13.9. The number of carbonyl (C=O) groups is 1. The fraction of sp³-hybridized carbons (Fsp3) is 0.318. The highest BCUT2D eigenvalue weighted by molar-refractivity contribution is 7.91. The number of phenols is 1. The van der Waals surface area contributed by atoms with E-state index in [9.17, 15) is 18.3 Å². The van der Waals surface area contributed by atoms with Crippen LogP contribution in [0.3, 0.4) is 0 Å². The first-order valence-corrected chi connectivity index (χ1v) is 11.7. The monoisotopic (exact) mass is 428 g/mol. The van der Waals surface area contributed by atoms with Crippen LogP contribution in [0, 0.1) is 0 Å². The van der Waals surface area contributed by atoms with Gasteiger partial charge in [0, 0.05) is 43.2 Å². The molecule has 0 radical (unpaired) electrons. The second-order valence-electron chi connectivity index (χ2n) is 7.43. The number of sulfone groups is 1. The molecule has 1 aliphatic rings. The molecule has 4 rings (SSSR count). The normalized spacial score (nSPS) is 16.6. The predicted molar refractivity (Wildman–Crippen MR) is 116 cm³/mol. The molecule has 1 fully saturated rings. The summed E-state index contributed by atoms with van der Waals surface area (Å²) in [7, 11) is -1.39. The summed E-state index contributed by atoms with van der Waals surface area (Å²) in [6.45, 7) is 1.53. The summed E-state index contributed by atoms with van der Waals surface area (Å²) in [6, 6.07) is 12.6. The average Bonchev–Trinajstić information content (AvgIpc) is 3.14. The Kier molecular flexibility index (Phi) is 5.53. The van der Waals surface area contributed by atoms with Gasteiger partial charge >= 0.3 is 0 Å². The van der Waals surface area contributed by atoms with E-state index in [1.807, 2.05) is 30.3 Å². The number of nitrogens with zero attached hydrogens (tertiary/aromatic N) is 1. The zero-order valence-electron chi connectivity index (χ0n) is 16.7. The molecule has 3 aromatic rings. The van der Waals surface area contributed by atoms with Gasteiger partial charge in [-0.2, -0.15) is 0 Å². The molecule has 0 atom stereocenters. The van der Waals surface area contributed by atoms with Crippen LogP contribution in [0.5, 0.6) is 5.75 Å². The van der Waals surface area contributed by atoms with E-state index in [-0.39, 0.29) is 23.2 Å². The molecule has 0 spiro atoms. The highest BCUT2D eigenvalue weighted by Gasteiger charge is 2.26. The van der Waals surface area contributed by atoms with Crippen molar-refractivity contribution in [3.8, 4) is 17.1 Å². The molecule has 7 nitrogen and oxygen atoms in total. The molecular weight excluding hydrogens is 404 g/mol. The summed E-state index contributed by atoms with van der Waals surface area (Å²) >= 11 is 0. The first kappa shape index (κ1) is 20.4. The van der Waals surface area contributed by atoms with Crippen LogP contribution in [-0.4, -0.2) is 62.5 Å². The van der Waals surface area contributed by atoms with Crippen LogP contribution in [0.25, 0.3) is 22.3 Å². The van der Waals surface area contributed by atoms with Crippen molar-refractivity contribution in [3.63, 3.8) is 0 Å². The molecule has 1 amide bonds. The molecule has 0 unspecified atom stereocenters. The van der Waals surface area contributed by atoms with Gasteiger partial charge in [0.15, 0.2) is 9.84 Å². The van der Waals surface area contributed by atoms with Crippen molar-refractivity contribution in [2.45, 2.75) is 6.42 Å². The smallest absolute Gasteiger partial charge is 0.255 e. The molecule has 1 aromatic heterocycles. The third-order valence-corrected chi connectivity index (χ3v) is 7.15. The predicted octanol–water partition coefficient (Wildman–Crippen LogP) is 2.44. The Bertz CT molecular complexity index is 1170. The third kappa shape index (κ3) is 3.93. The number of nitrogens with one attached hydrogen (secondary N) is 1. The number of hydrogen-bond acceptors (Lipinski definition) is 6. The highest BCUT2D eigenvalue weighted by atomic mass is 32.2. The third-order valence-electron chi connectivity index (χ3n) is 5.54. The SMILES string of the molecule is CNC(=O)c1c(-c2ccccc2)oc2ccc(O)c(CCN3CCS(=O)(=O)CC3)c12. The fourth-order valence-corrected chi connectivity index (χ4v) is 5.16. The second-order valence-corrected chi connectivity index (χ2v) is 9.73. The Morgan fingerprint density at radius 1 is 1.13 bits per heavy atom. The number of fused-ring (bicyclic) bond motifs is 1. The van der Waals surface area contributed by atoms with Crippen LogP contribution in [0.4, 0.5) is 0 Å². The van der Waals surface area contributed by atoms with Crippen LogP contribution in [0.1, 0.15) is 15.9 Å². The van der Waals surface area contributed by atoms with Crippen molar-refractivity contribution in [1.82, 2.24) is 10.2 Å². The Morgan fingerprint density at radius 3 is 2.50 bits per heavy atom. The largest absolute Gasteiger partial charge is 0.508 e. The van der Waals surface area contributed by atoms with Gasteiger partial charge in [0.05, 0.1) is 17.1 Å². The van der Waals surface area contributed by atoms with Gasteiger partial charge in [-0.25, -0.2) is 8.42 Å². The van der Waals surface area contributed by atoms with Crippen molar-refractivity contribution in [2.75, 3.05) is 38.2 Å². The van der Waals surface area contributed by atoms with E-state index in [2.05, 4.69) is 10.2 Å². The van der Waals surface area contributed by atoms with Gasteiger partial charge < -0.3 is 19.7 Å². The quantitative estimate of drug-likeness (QED) is 0.648. The summed E-state index contributed by atoms with van der Waals surface area (Å²) < 4.78 is 29.4.